The summed E-state index contributed by atoms with van der Waals surface area (Å²) in [5.41, 5.74) is 7.63. The summed E-state index contributed by atoms with van der Waals surface area (Å²) in [6, 6.07) is 22.7. The average molecular weight is 533 g/mol. The molecule has 196 valence electrons. The molecule has 9 heteroatoms. The molecule has 0 radical (unpaired) electrons. The van der Waals surface area contributed by atoms with Gasteiger partial charge in [0, 0.05) is 35.0 Å². The standard InChI is InChI=1S/C29H29ClN4O4/c1-29(27(31)36,16-19-7-3-2-4-8-19)34-26(35)25(15-21-17-32-24-10-6-5-9-23(21)24)33-28(37)38-18-20-11-13-22(30)14-12-20/h2-14,17,25,32H,15-16,18H2,1H3,(H2,31,36)(H,33,37)(H,34,35)/t25-,29?/m0/s1. The lowest BCUT2D eigenvalue weighted by Crippen LogP contribution is -2.61. The van der Waals surface area contributed by atoms with Crippen LogP contribution in [0.1, 0.15) is 23.6 Å². The molecule has 0 aliphatic carbocycles. The zero-order valence-electron chi connectivity index (χ0n) is 20.9. The molecule has 0 aliphatic rings. The summed E-state index contributed by atoms with van der Waals surface area (Å²) in [6.07, 6.45) is 1.37. The third-order valence-corrected chi connectivity index (χ3v) is 6.59. The maximum Gasteiger partial charge on any atom is 0.408 e. The number of halogens is 1. The SMILES string of the molecule is CC(Cc1ccccc1)(NC(=O)[C@H](Cc1c[nH]c2ccccc12)NC(=O)OCc1ccc(Cl)cc1)C(N)=O. The molecule has 0 fully saturated rings. The number of fused-ring (bicyclic) bond motifs is 1. The van der Waals surface area contributed by atoms with Crippen molar-refractivity contribution in [2.24, 2.45) is 5.73 Å². The van der Waals surface area contributed by atoms with E-state index in [0.717, 1.165) is 27.6 Å². The molecule has 38 heavy (non-hydrogen) atoms. The molecule has 4 rings (SSSR count). The van der Waals surface area contributed by atoms with E-state index in [1.165, 1.54) is 0 Å². The maximum atomic E-state index is 13.5. The van der Waals surface area contributed by atoms with Crippen LogP contribution in [0, 0.1) is 0 Å². The van der Waals surface area contributed by atoms with Gasteiger partial charge in [-0.15, -0.1) is 0 Å². The largest absolute Gasteiger partial charge is 0.445 e. The normalized spacial score (nSPS) is 13.3. The molecule has 0 bridgehead atoms. The highest BCUT2D eigenvalue weighted by molar-refractivity contribution is 6.30. The van der Waals surface area contributed by atoms with Gasteiger partial charge in [0.2, 0.25) is 11.8 Å². The van der Waals surface area contributed by atoms with E-state index in [9.17, 15) is 14.4 Å². The Balaban J connectivity index is 1.53. The number of hydrogen-bond donors (Lipinski definition) is 4. The lowest BCUT2D eigenvalue weighted by Gasteiger charge is -2.30. The Labute approximate surface area is 225 Å². The first kappa shape index (κ1) is 26.8. The van der Waals surface area contributed by atoms with Crippen LogP contribution in [0.4, 0.5) is 4.79 Å². The lowest BCUT2D eigenvalue weighted by atomic mass is 9.91. The predicted molar refractivity (Wildman–Crippen MR) is 146 cm³/mol. The smallest absolute Gasteiger partial charge is 0.408 e. The number of carbonyl (C=O) groups excluding carboxylic acids is 3. The molecule has 0 saturated carbocycles. The number of para-hydroxylation sites is 1. The van der Waals surface area contributed by atoms with Gasteiger partial charge < -0.3 is 26.1 Å². The van der Waals surface area contributed by atoms with Gasteiger partial charge in [-0.2, -0.15) is 0 Å². The molecule has 0 spiro atoms. The molecule has 1 unspecified atom stereocenters. The summed E-state index contributed by atoms with van der Waals surface area (Å²) >= 11 is 5.91. The number of H-pyrrole nitrogens is 1. The van der Waals surface area contributed by atoms with Crippen molar-refractivity contribution in [3.05, 3.63) is 107 Å². The van der Waals surface area contributed by atoms with E-state index < -0.39 is 29.5 Å². The number of rotatable bonds is 10. The number of nitrogens with two attached hydrogens (primary N) is 1. The van der Waals surface area contributed by atoms with E-state index in [4.69, 9.17) is 22.1 Å². The number of hydrogen-bond acceptors (Lipinski definition) is 4. The second kappa shape index (κ2) is 11.8. The quantitative estimate of drug-likeness (QED) is 0.243. The van der Waals surface area contributed by atoms with Crippen LogP contribution in [0.15, 0.2) is 85.1 Å². The number of carbonyl (C=O) groups is 3. The van der Waals surface area contributed by atoms with Crippen LogP contribution < -0.4 is 16.4 Å². The van der Waals surface area contributed by atoms with Gasteiger partial charge in [0.25, 0.3) is 0 Å². The molecule has 4 aromatic rings. The van der Waals surface area contributed by atoms with Crippen LogP contribution in [-0.2, 0) is 33.8 Å². The minimum atomic E-state index is -1.38. The van der Waals surface area contributed by atoms with Crippen molar-refractivity contribution >= 4 is 40.4 Å². The molecular weight excluding hydrogens is 504 g/mol. The summed E-state index contributed by atoms with van der Waals surface area (Å²) in [6.45, 7) is 1.57. The van der Waals surface area contributed by atoms with Crippen molar-refractivity contribution in [1.29, 1.82) is 0 Å². The number of benzene rings is 3. The number of alkyl carbamates (subject to hydrolysis) is 1. The lowest BCUT2D eigenvalue weighted by molar-refractivity contribution is -0.132. The Bertz CT molecular complexity index is 1420. The minimum Gasteiger partial charge on any atom is -0.445 e. The molecule has 5 N–H and O–H groups in total. The maximum absolute atomic E-state index is 13.5. The zero-order valence-corrected chi connectivity index (χ0v) is 21.6. The van der Waals surface area contributed by atoms with Crippen LogP contribution >= 0.6 is 11.6 Å². The number of aromatic amines is 1. The van der Waals surface area contributed by atoms with Crippen molar-refractivity contribution in [3.63, 3.8) is 0 Å². The monoisotopic (exact) mass is 532 g/mol. The summed E-state index contributed by atoms with van der Waals surface area (Å²) in [4.78, 5) is 41.9. The Kier molecular flexibility index (Phi) is 8.33. The second-order valence-corrected chi connectivity index (χ2v) is 9.75. The summed E-state index contributed by atoms with van der Waals surface area (Å²) in [5, 5.41) is 6.93. The minimum absolute atomic E-state index is 0.00254. The Hall–Kier alpha value is -4.30. The van der Waals surface area contributed by atoms with E-state index in [0.29, 0.717) is 5.02 Å². The van der Waals surface area contributed by atoms with Crippen LogP contribution in [0.5, 0.6) is 0 Å². The first-order valence-corrected chi connectivity index (χ1v) is 12.5. The summed E-state index contributed by atoms with van der Waals surface area (Å²) in [7, 11) is 0. The highest BCUT2D eigenvalue weighted by atomic mass is 35.5. The van der Waals surface area contributed by atoms with Crippen LogP contribution in [0.3, 0.4) is 0 Å². The topological polar surface area (TPSA) is 126 Å². The fourth-order valence-corrected chi connectivity index (χ4v) is 4.33. The number of amides is 3. The molecular formula is C29H29ClN4O4. The van der Waals surface area contributed by atoms with Crippen molar-refractivity contribution < 1.29 is 19.1 Å². The molecule has 3 aromatic carbocycles. The number of ether oxygens (including phenoxy) is 1. The first-order valence-electron chi connectivity index (χ1n) is 12.1. The number of aromatic nitrogens is 1. The Morgan fingerprint density at radius 1 is 0.974 bits per heavy atom. The molecule has 8 nitrogen and oxygen atoms in total. The zero-order chi connectivity index (χ0) is 27.1. The van der Waals surface area contributed by atoms with Gasteiger partial charge in [0.15, 0.2) is 0 Å². The Morgan fingerprint density at radius 3 is 2.37 bits per heavy atom. The summed E-state index contributed by atoms with van der Waals surface area (Å²) < 4.78 is 5.36. The average Bonchev–Trinajstić information content (AvgIpc) is 3.31. The van der Waals surface area contributed by atoms with Gasteiger partial charge in [-0.1, -0.05) is 72.3 Å². The summed E-state index contributed by atoms with van der Waals surface area (Å²) in [5.74, 6) is -1.25. The molecule has 0 aliphatic heterocycles. The predicted octanol–water partition coefficient (Wildman–Crippen LogP) is 4.26. The van der Waals surface area contributed by atoms with Crippen LogP contribution in [-0.4, -0.2) is 34.5 Å². The number of nitrogens with one attached hydrogen (secondary N) is 3. The van der Waals surface area contributed by atoms with E-state index in [-0.39, 0.29) is 19.4 Å². The van der Waals surface area contributed by atoms with Gasteiger partial charge in [-0.25, -0.2) is 4.79 Å². The van der Waals surface area contributed by atoms with Gasteiger partial charge >= 0.3 is 6.09 Å². The molecule has 0 saturated heterocycles. The van der Waals surface area contributed by atoms with Crippen LogP contribution in [0.25, 0.3) is 10.9 Å². The third kappa shape index (κ3) is 6.72. The molecule has 3 amide bonds. The van der Waals surface area contributed by atoms with Gasteiger partial charge in [0.05, 0.1) is 0 Å². The molecule has 2 atom stereocenters. The van der Waals surface area contributed by atoms with Gasteiger partial charge in [-0.3, -0.25) is 9.59 Å². The van der Waals surface area contributed by atoms with E-state index in [1.54, 1.807) is 37.4 Å². The first-order chi connectivity index (χ1) is 18.2. The number of primary amides is 1. The molecule has 1 heterocycles. The fourth-order valence-electron chi connectivity index (χ4n) is 4.20. The van der Waals surface area contributed by atoms with E-state index >= 15 is 0 Å². The van der Waals surface area contributed by atoms with Crippen molar-refractivity contribution in [2.75, 3.05) is 0 Å². The second-order valence-electron chi connectivity index (χ2n) is 9.31. The van der Waals surface area contributed by atoms with Crippen molar-refractivity contribution in [2.45, 2.75) is 38.0 Å². The van der Waals surface area contributed by atoms with Crippen LogP contribution in [0.2, 0.25) is 5.02 Å². The van der Waals surface area contributed by atoms with Gasteiger partial charge in [0.1, 0.15) is 18.2 Å². The molecule has 1 aromatic heterocycles. The van der Waals surface area contributed by atoms with Gasteiger partial charge in [-0.05, 0) is 41.8 Å². The van der Waals surface area contributed by atoms with E-state index in [1.807, 2.05) is 54.6 Å². The van der Waals surface area contributed by atoms with Crippen molar-refractivity contribution in [3.8, 4) is 0 Å². The van der Waals surface area contributed by atoms with E-state index in [2.05, 4.69) is 15.6 Å². The van der Waals surface area contributed by atoms with Crippen molar-refractivity contribution in [1.82, 2.24) is 15.6 Å². The fraction of sp³-hybridized carbons (Fsp3) is 0.207. The highest BCUT2D eigenvalue weighted by Crippen LogP contribution is 2.20. The highest BCUT2D eigenvalue weighted by Gasteiger charge is 2.36. The third-order valence-electron chi connectivity index (χ3n) is 6.33. The Morgan fingerprint density at radius 2 is 1.66 bits per heavy atom.